The molecule has 0 aromatic carbocycles. The Kier molecular flexibility index (Phi) is 5.47. The predicted octanol–water partition coefficient (Wildman–Crippen LogP) is 1.52. The molecule has 3 rings (SSSR count). The Bertz CT molecular complexity index is 695. The lowest BCUT2D eigenvalue weighted by molar-refractivity contribution is -0.282. The Morgan fingerprint density at radius 2 is 1.76 bits per heavy atom. The molecule has 1 spiro atoms. The van der Waals surface area contributed by atoms with E-state index in [-0.39, 0.29) is 26.2 Å². The summed E-state index contributed by atoms with van der Waals surface area (Å²) >= 11 is 0. The molecule has 3 aliphatic rings. The molecule has 9 nitrogen and oxygen atoms in total. The fourth-order valence-electron chi connectivity index (χ4n) is 4.68. The van der Waals surface area contributed by atoms with Crippen LogP contribution in [0.2, 0.25) is 0 Å². The van der Waals surface area contributed by atoms with Crippen LogP contribution in [0.25, 0.3) is 0 Å². The number of fused-ring (bicyclic) bond motifs is 1. The average molecular weight is 413 g/mol. The Labute approximate surface area is 170 Å². The average Bonchev–Trinajstić information content (AvgIpc) is 3.18. The third-order valence-corrected chi connectivity index (χ3v) is 5.46. The maximum absolute atomic E-state index is 13.7. The van der Waals surface area contributed by atoms with Crippen LogP contribution in [0.15, 0.2) is 0 Å². The molecule has 29 heavy (non-hydrogen) atoms. The molecule has 2 bridgehead atoms. The predicted molar refractivity (Wildman–Crippen MR) is 99.5 cm³/mol. The number of esters is 2. The van der Waals surface area contributed by atoms with Crippen LogP contribution < -0.4 is 0 Å². The van der Waals surface area contributed by atoms with Gasteiger partial charge in [0.25, 0.3) is 5.91 Å². The number of nitrogens with zero attached hydrogens (tertiary/aromatic N) is 1. The number of carbonyl (C=O) groups excluding carboxylic acids is 3. The van der Waals surface area contributed by atoms with Gasteiger partial charge in [0.1, 0.15) is 11.6 Å². The van der Waals surface area contributed by atoms with E-state index in [1.54, 1.807) is 41.5 Å². The lowest BCUT2D eigenvalue weighted by Crippen LogP contribution is -2.69. The molecule has 0 N–H and O–H groups in total. The topological polar surface area (TPSA) is 101 Å². The molecule has 9 heteroatoms. The molecular weight excluding hydrogens is 382 g/mol. The number of ether oxygens (including phenoxy) is 5. The van der Waals surface area contributed by atoms with Crippen molar-refractivity contribution in [1.82, 2.24) is 4.90 Å². The largest absolute Gasteiger partial charge is 0.463 e. The Hall–Kier alpha value is -1.71. The third-order valence-electron chi connectivity index (χ3n) is 5.46. The molecule has 3 heterocycles. The van der Waals surface area contributed by atoms with Crippen molar-refractivity contribution in [2.75, 3.05) is 19.8 Å². The van der Waals surface area contributed by atoms with Crippen molar-refractivity contribution in [2.24, 2.45) is 0 Å². The highest BCUT2D eigenvalue weighted by atomic mass is 16.8. The van der Waals surface area contributed by atoms with Crippen molar-refractivity contribution in [3.8, 4) is 0 Å². The first-order chi connectivity index (χ1) is 13.5. The van der Waals surface area contributed by atoms with Crippen LogP contribution in [0.1, 0.15) is 60.8 Å². The second-order valence-corrected chi connectivity index (χ2v) is 8.51. The van der Waals surface area contributed by atoms with E-state index in [2.05, 4.69) is 0 Å². The maximum atomic E-state index is 13.7. The SMILES string of the molecule is CCOC(=O)[C@@]12O[C@]3(CC[C@H](C(=O)OC(C)(C)C)N3C1=O)CC2(OCC)OCC. The molecule has 0 radical (unpaired) electrons. The van der Waals surface area contributed by atoms with Gasteiger partial charge in [-0.15, -0.1) is 0 Å². The van der Waals surface area contributed by atoms with Gasteiger partial charge in [-0.25, -0.2) is 9.59 Å². The Morgan fingerprint density at radius 3 is 2.28 bits per heavy atom. The summed E-state index contributed by atoms with van der Waals surface area (Å²) in [5.74, 6) is -3.64. The van der Waals surface area contributed by atoms with Crippen LogP contribution in [-0.4, -0.2) is 71.3 Å². The van der Waals surface area contributed by atoms with Gasteiger partial charge >= 0.3 is 17.5 Å². The van der Waals surface area contributed by atoms with E-state index in [9.17, 15) is 14.4 Å². The molecule has 0 aromatic rings. The minimum Gasteiger partial charge on any atom is -0.463 e. The van der Waals surface area contributed by atoms with Crippen LogP contribution in [0.4, 0.5) is 0 Å². The summed E-state index contributed by atoms with van der Waals surface area (Å²) in [5, 5.41) is 0. The summed E-state index contributed by atoms with van der Waals surface area (Å²) in [5.41, 5.74) is -3.97. The van der Waals surface area contributed by atoms with Gasteiger partial charge < -0.3 is 23.7 Å². The fourth-order valence-corrected chi connectivity index (χ4v) is 4.68. The van der Waals surface area contributed by atoms with Crippen molar-refractivity contribution in [3.63, 3.8) is 0 Å². The van der Waals surface area contributed by atoms with Crippen molar-refractivity contribution in [1.29, 1.82) is 0 Å². The van der Waals surface area contributed by atoms with Gasteiger partial charge in [0.15, 0.2) is 5.72 Å². The smallest absolute Gasteiger partial charge is 0.354 e. The summed E-state index contributed by atoms with van der Waals surface area (Å²) in [4.78, 5) is 40.9. The number of carbonyl (C=O) groups is 3. The summed E-state index contributed by atoms with van der Waals surface area (Å²) in [6.07, 6.45) is 0.852. The van der Waals surface area contributed by atoms with Gasteiger partial charge in [-0.3, -0.25) is 9.69 Å². The standard InChI is InChI=1S/C20H31NO8/c1-7-25-16(24)20-15(23)21-13(14(22)28-17(4,5)6)10-11-18(21,29-20)12-19(20,26-8-2)27-9-3/h13H,7-12H2,1-6H3/t13-,18-,20+/m1/s1. The van der Waals surface area contributed by atoms with Gasteiger partial charge in [-0.05, 0) is 54.4 Å². The highest BCUT2D eigenvalue weighted by molar-refractivity contribution is 6.11. The summed E-state index contributed by atoms with van der Waals surface area (Å²) < 4.78 is 28.6. The number of hydrogen-bond acceptors (Lipinski definition) is 8. The van der Waals surface area contributed by atoms with E-state index in [1.165, 1.54) is 4.90 Å². The Morgan fingerprint density at radius 1 is 1.14 bits per heavy atom. The van der Waals surface area contributed by atoms with Gasteiger partial charge in [0, 0.05) is 13.2 Å². The van der Waals surface area contributed by atoms with Crippen molar-refractivity contribution >= 4 is 17.8 Å². The molecule has 0 saturated carbocycles. The van der Waals surface area contributed by atoms with Crippen LogP contribution in [0, 0.1) is 0 Å². The Balaban J connectivity index is 2.04. The lowest BCUT2D eigenvalue weighted by atomic mass is 9.84. The lowest BCUT2D eigenvalue weighted by Gasteiger charge is -2.43. The molecule has 0 aromatic heterocycles. The molecule has 0 aliphatic carbocycles. The molecule has 0 unspecified atom stereocenters. The van der Waals surface area contributed by atoms with Crippen molar-refractivity contribution < 1.29 is 38.1 Å². The highest BCUT2D eigenvalue weighted by Gasteiger charge is 2.85. The van der Waals surface area contributed by atoms with E-state index in [4.69, 9.17) is 23.7 Å². The molecule has 164 valence electrons. The van der Waals surface area contributed by atoms with Gasteiger partial charge in [-0.2, -0.15) is 0 Å². The maximum Gasteiger partial charge on any atom is 0.354 e. The van der Waals surface area contributed by atoms with Crippen LogP contribution in [-0.2, 0) is 38.1 Å². The molecule has 3 fully saturated rings. The van der Waals surface area contributed by atoms with Gasteiger partial charge in [-0.1, -0.05) is 0 Å². The first-order valence-electron chi connectivity index (χ1n) is 10.2. The fraction of sp³-hybridized carbons (Fsp3) is 0.850. The molecule has 1 amide bonds. The second-order valence-electron chi connectivity index (χ2n) is 8.51. The number of hydrogen-bond donors (Lipinski definition) is 0. The minimum absolute atomic E-state index is 0.0635. The van der Waals surface area contributed by atoms with E-state index in [0.29, 0.717) is 12.8 Å². The zero-order valence-corrected chi connectivity index (χ0v) is 18.0. The number of amides is 1. The van der Waals surface area contributed by atoms with E-state index in [1.807, 2.05) is 0 Å². The zero-order chi connectivity index (χ0) is 21.7. The first-order valence-corrected chi connectivity index (χ1v) is 10.2. The van der Waals surface area contributed by atoms with Crippen LogP contribution in [0.5, 0.6) is 0 Å². The molecular formula is C20H31NO8. The zero-order valence-electron chi connectivity index (χ0n) is 18.0. The number of piperidine rings is 1. The van der Waals surface area contributed by atoms with Crippen LogP contribution in [0.3, 0.4) is 0 Å². The van der Waals surface area contributed by atoms with E-state index >= 15 is 0 Å². The van der Waals surface area contributed by atoms with E-state index in [0.717, 1.165) is 0 Å². The van der Waals surface area contributed by atoms with Crippen molar-refractivity contribution in [3.05, 3.63) is 0 Å². The molecule has 3 aliphatic heterocycles. The van der Waals surface area contributed by atoms with Gasteiger partial charge in [0.2, 0.25) is 5.79 Å². The van der Waals surface area contributed by atoms with E-state index < -0.39 is 46.6 Å². The number of rotatable bonds is 7. The van der Waals surface area contributed by atoms with Gasteiger partial charge in [0.05, 0.1) is 13.0 Å². The third kappa shape index (κ3) is 3.05. The minimum atomic E-state index is -2.10. The second kappa shape index (κ2) is 7.21. The molecule has 3 atom stereocenters. The first kappa shape index (κ1) is 22.0. The summed E-state index contributed by atoms with van der Waals surface area (Å²) in [7, 11) is 0. The monoisotopic (exact) mass is 413 g/mol. The van der Waals surface area contributed by atoms with Crippen LogP contribution >= 0.6 is 0 Å². The molecule has 3 saturated heterocycles. The van der Waals surface area contributed by atoms with Crippen molar-refractivity contribution in [2.45, 2.75) is 89.6 Å². The summed E-state index contributed by atoms with van der Waals surface area (Å²) in [6, 6.07) is -0.834. The normalized spacial score (nSPS) is 32.4. The summed E-state index contributed by atoms with van der Waals surface area (Å²) in [6.45, 7) is 10.9. The quantitative estimate of drug-likeness (QED) is 0.352. The highest BCUT2D eigenvalue weighted by Crippen LogP contribution is 2.62.